The second-order valence-corrected chi connectivity index (χ2v) is 1.52. The molecule has 0 fully saturated rings. The first-order valence-electron chi connectivity index (χ1n) is 2.31. The molecular weight excluding hydrogens is 116 g/mol. The molecule has 0 unspecified atom stereocenters. The highest BCUT2D eigenvalue weighted by atomic mass is 19.3. The maximum absolute atomic E-state index is 11.4. The lowest BCUT2D eigenvalue weighted by atomic mass is 10.4. The Labute approximate surface area is 46.5 Å². The van der Waals surface area contributed by atoms with Gasteiger partial charge in [-0.3, -0.25) is 0 Å². The van der Waals surface area contributed by atoms with E-state index >= 15 is 0 Å². The van der Waals surface area contributed by atoms with Gasteiger partial charge in [-0.25, -0.2) is 0 Å². The van der Waals surface area contributed by atoms with Crippen LogP contribution in [0.4, 0.5) is 8.78 Å². The Bertz CT molecular complexity index is 61.5. The van der Waals surface area contributed by atoms with Crippen LogP contribution in [0.5, 0.6) is 0 Å². The van der Waals surface area contributed by atoms with E-state index in [0.29, 0.717) is 0 Å². The molecule has 0 radical (unpaired) electrons. The lowest BCUT2D eigenvalue weighted by Crippen LogP contribution is -2.21. The van der Waals surface area contributed by atoms with Crippen molar-refractivity contribution >= 4 is 0 Å². The van der Waals surface area contributed by atoms with Crippen LogP contribution in [0.3, 0.4) is 0 Å². The van der Waals surface area contributed by atoms with Crippen LogP contribution in [0, 0.1) is 0 Å². The van der Waals surface area contributed by atoms with Crippen molar-refractivity contribution in [3.05, 3.63) is 0 Å². The van der Waals surface area contributed by atoms with Crippen molar-refractivity contribution in [2.45, 2.75) is 12.5 Å². The molecule has 0 aliphatic heterocycles. The molecule has 8 heavy (non-hydrogen) atoms. The highest BCUT2D eigenvalue weighted by Gasteiger charge is 2.22. The van der Waals surface area contributed by atoms with Crippen LogP contribution in [0.1, 0.15) is 6.42 Å². The molecule has 0 spiro atoms. The number of nitrogens with one attached hydrogen (secondary N) is 1. The number of rotatable bonds is 3. The summed E-state index contributed by atoms with van der Waals surface area (Å²) in [5, 5.41) is 10.3. The average molecular weight is 125 g/mol. The van der Waals surface area contributed by atoms with E-state index in [1.807, 2.05) is 0 Å². The molecule has 0 aliphatic rings. The summed E-state index contributed by atoms with van der Waals surface area (Å²) in [6.07, 6.45) is -4.04. The molecule has 0 rings (SSSR count). The van der Waals surface area contributed by atoms with E-state index in [1.165, 1.54) is 0 Å². The highest BCUT2D eigenvalue weighted by molar-refractivity contribution is 4.49. The lowest BCUT2D eigenvalue weighted by molar-refractivity contribution is -0.201. The van der Waals surface area contributed by atoms with Crippen LogP contribution in [0.2, 0.25) is 0 Å². The third-order valence-electron chi connectivity index (χ3n) is 0.676. The van der Waals surface area contributed by atoms with E-state index in [1.54, 1.807) is 7.05 Å². The maximum Gasteiger partial charge on any atom is 0.354 e. The molecule has 0 aromatic carbocycles. The van der Waals surface area contributed by atoms with Gasteiger partial charge >= 0.3 is 6.11 Å². The summed E-state index contributed by atoms with van der Waals surface area (Å²) in [4.78, 5) is 0. The molecule has 50 valence electrons. The predicted octanol–water partition coefficient (Wildman–Crippen LogP) is 0.181. The quantitative estimate of drug-likeness (QED) is 0.564. The molecule has 0 aromatic heterocycles. The second kappa shape index (κ2) is 2.94. The SMILES string of the molecule is CNCCC(O)(F)F. The number of alkyl halides is 2. The first-order chi connectivity index (χ1) is 3.56. The van der Waals surface area contributed by atoms with Crippen molar-refractivity contribution in [2.24, 2.45) is 0 Å². The Hall–Kier alpha value is -0.220. The molecule has 0 saturated carbocycles. The van der Waals surface area contributed by atoms with Crippen molar-refractivity contribution < 1.29 is 13.9 Å². The fourth-order valence-electron chi connectivity index (χ4n) is 0.275. The summed E-state index contributed by atoms with van der Waals surface area (Å²) >= 11 is 0. The third-order valence-corrected chi connectivity index (χ3v) is 0.676. The van der Waals surface area contributed by atoms with E-state index in [4.69, 9.17) is 5.11 Å². The minimum atomic E-state index is -3.51. The Morgan fingerprint density at radius 3 is 2.25 bits per heavy atom. The van der Waals surface area contributed by atoms with E-state index < -0.39 is 12.5 Å². The number of aliphatic hydroxyl groups is 1. The van der Waals surface area contributed by atoms with Crippen LogP contribution in [0.25, 0.3) is 0 Å². The Kier molecular flexibility index (Phi) is 2.86. The summed E-state index contributed by atoms with van der Waals surface area (Å²) in [6.45, 7) is 0.128. The van der Waals surface area contributed by atoms with Gasteiger partial charge in [0.2, 0.25) is 0 Å². The molecule has 4 heteroatoms. The first kappa shape index (κ1) is 7.78. The molecule has 0 saturated heterocycles. The van der Waals surface area contributed by atoms with Crippen molar-refractivity contribution in [3.63, 3.8) is 0 Å². The van der Waals surface area contributed by atoms with Crippen molar-refractivity contribution in [1.82, 2.24) is 5.32 Å². The van der Waals surface area contributed by atoms with Gasteiger partial charge in [0.05, 0.1) is 6.42 Å². The molecule has 0 heterocycles. The van der Waals surface area contributed by atoms with Gasteiger partial charge in [-0.2, -0.15) is 8.78 Å². The average Bonchev–Trinajstić information content (AvgIpc) is 1.59. The molecule has 2 N–H and O–H groups in total. The number of hydrogen-bond acceptors (Lipinski definition) is 2. The zero-order chi connectivity index (χ0) is 6.62. The highest BCUT2D eigenvalue weighted by Crippen LogP contribution is 2.11. The fourth-order valence-corrected chi connectivity index (χ4v) is 0.275. The molecule has 0 aromatic rings. The number of halogens is 2. The minimum absolute atomic E-state index is 0.128. The molecule has 0 atom stereocenters. The third kappa shape index (κ3) is 5.78. The molecule has 0 amide bonds. The van der Waals surface area contributed by atoms with Gasteiger partial charge in [0, 0.05) is 6.54 Å². The summed E-state index contributed by atoms with van der Waals surface area (Å²) in [5.74, 6) is 0. The van der Waals surface area contributed by atoms with Crippen LogP contribution in [0.15, 0.2) is 0 Å². The Balaban J connectivity index is 3.11. The van der Waals surface area contributed by atoms with Gasteiger partial charge in [-0.1, -0.05) is 0 Å². The number of hydrogen-bond donors (Lipinski definition) is 2. The summed E-state index contributed by atoms with van der Waals surface area (Å²) < 4.78 is 22.8. The van der Waals surface area contributed by atoms with E-state index in [0.717, 1.165) is 0 Å². The molecule has 2 nitrogen and oxygen atoms in total. The summed E-state index contributed by atoms with van der Waals surface area (Å²) in [6, 6.07) is 0. The van der Waals surface area contributed by atoms with Gasteiger partial charge < -0.3 is 10.4 Å². The van der Waals surface area contributed by atoms with Gasteiger partial charge in [-0.15, -0.1) is 0 Å². The maximum atomic E-state index is 11.4. The largest absolute Gasteiger partial charge is 0.354 e. The van der Waals surface area contributed by atoms with Crippen LogP contribution in [-0.2, 0) is 0 Å². The van der Waals surface area contributed by atoms with Gasteiger partial charge in [0.1, 0.15) is 0 Å². The summed E-state index contributed by atoms with van der Waals surface area (Å²) in [7, 11) is 1.55. The monoisotopic (exact) mass is 125 g/mol. The topological polar surface area (TPSA) is 32.3 Å². The Morgan fingerprint density at radius 2 is 2.12 bits per heavy atom. The van der Waals surface area contributed by atoms with Crippen molar-refractivity contribution in [2.75, 3.05) is 13.6 Å². The fraction of sp³-hybridized carbons (Fsp3) is 1.00. The minimum Gasteiger partial charge on any atom is -0.336 e. The van der Waals surface area contributed by atoms with E-state index in [9.17, 15) is 8.78 Å². The lowest BCUT2D eigenvalue weighted by Gasteiger charge is -2.05. The molecule has 0 bridgehead atoms. The van der Waals surface area contributed by atoms with Crippen molar-refractivity contribution in [1.29, 1.82) is 0 Å². The standard InChI is InChI=1S/C4H9F2NO/c1-7-3-2-4(5,6)8/h7-8H,2-3H2,1H3. The van der Waals surface area contributed by atoms with Gasteiger partial charge in [-0.05, 0) is 7.05 Å². The van der Waals surface area contributed by atoms with Crippen LogP contribution in [-0.4, -0.2) is 24.8 Å². The zero-order valence-corrected chi connectivity index (χ0v) is 4.62. The predicted molar refractivity (Wildman–Crippen MR) is 25.7 cm³/mol. The van der Waals surface area contributed by atoms with Gasteiger partial charge in [0.25, 0.3) is 0 Å². The van der Waals surface area contributed by atoms with E-state index in [-0.39, 0.29) is 6.54 Å². The first-order valence-corrected chi connectivity index (χ1v) is 2.31. The smallest absolute Gasteiger partial charge is 0.336 e. The van der Waals surface area contributed by atoms with Gasteiger partial charge in [0.15, 0.2) is 0 Å². The zero-order valence-electron chi connectivity index (χ0n) is 4.62. The molecule has 0 aliphatic carbocycles. The van der Waals surface area contributed by atoms with E-state index in [2.05, 4.69) is 5.32 Å². The van der Waals surface area contributed by atoms with Crippen molar-refractivity contribution in [3.8, 4) is 0 Å². The van der Waals surface area contributed by atoms with Crippen LogP contribution >= 0.6 is 0 Å². The van der Waals surface area contributed by atoms with Crippen LogP contribution < -0.4 is 5.32 Å². The Morgan fingerprint density at radius 1 is 1.62 bits per heavy atom. The normalized spacial score (nSPS) is 12.0. The molecular formula is C4H9F2NO. The second-order valence-electron chi connectivity index (χ2n) is 1.52. The summed E-state index contributed by atoms with van der Waals surface area (Å²) in [5.41, 5.74) is 0.